The molecule has 1 aliphatic rings. The number of hydrogen-bond donors (Lipinski definition) is 0. The van der Waals surface area contributed by atoms with E-state index in [1.807, 2.05) is 79.1 Å². The van der Waals surface area contributed by atoms with Gasteiger partial charge < -0.3 is 24.0 Å². The lowest BCUT2D eigenvalue weighted by Crippen LogP contribution is -2.42. The van der Waals surface area contributed by atoms with Gasteiger partial charge in [-0.25, -0.2) is 14.8 Å². The van der Waals surface area contributed by atoms with Crippen LogP contribution < -0.4 is 4.74 Å². The van der Waals surface area contributed by atoms with Crippen molar-refractivity contribution in [2.24, 2.45) is 0 Å². The number of fused-ring (bicyclic) bond motifs is 1. The topological polar surface area (TPSA) is 102 Å². The Kier molecular flexibility index (Phi) is 12.8. The van der Waals surface area contributed by atoms with E-state index in [2.05, 4.69) is 17.0 Å². The number of morpholine rings is 1. The van der Waals surface area contributed by atoms with Gasteiger partial charge in [0.25, 0.3) is 0 Å². The van der Waals surface area contributed by atoms with Gasteiger partial charge in [0, 0.05) is 71.4 Å². The maximum atomic E-state index is 14.1. The van der Waals surface area contributed by atoms with Crippen LogP contribution in [0.15, 0.2) is 78.7 Å². The van der Waals surface area contributed by atoms with Crippen molar-refractivity contribution in [2.45, 2.75) is 40.0 Å². The molecular formula is C38H48N6O5. The molecule has 11 nitrogen and oxygen atoms in total. The van der Waals surface area contributed by atoms with Crippen LogP contribution in [0.3, 0.4) is 0 Å². The first-order chi connectivity index (χ1) is 23.9. The summed E-state index contributed by atoms with van der Waals surface area (Å²) in [6, 6.07) is 20.1. The van der Waals surface area contributed by atoms with Gasteiger partial charge in [-0.15, -0.1) is 0 Å². The van der Waals surface area contributed by atoms with E-state index in [4.69, 9.17) is 24.2 Å². The molecule has 1 saturated heterocycles. The smallest absolute Gasteiger partial charge is 0.416 e. The molecule has 260 valence electrons. The molecule has 2 amide bonds. The zero-order valence-corrected chi connectivity index (χ0v) is 29.1. The predicted octanol–water partition coefficient (Wildman–Crippen LogP) is 5.47. The molecule has 1 fully saturated rings. The van der Waals surface area contributed by atoms with E-state index < -0.39 is 6.09 Å². The monoisotopic (exact) mass is 668 g/mol. The summed E-state index contributed by atoms with van der Waals surface area (Å²) in [6.07, 6.45) is 4.94. The first kappa shape index (κ1) is 35.6. The number of carbonyl (C=O) groups excluding carboxylic acids is 2. The van der Waals surface area contributed by atoms with Crippen LogP contribution in [-0.2, 0) is 27.1 Å². The summed E-state index contributed by atoms with van der Waals surface area (Å²) in [7, 11) is 1.74. The van der Waals surface area contributed by atoms with E-state index in [0.717, 1.165) is 54.3 Å². The van der Waals surface area contributed by atoms with Gasteiger partial charge in [-0.2, -0.15) is 0 Å². The summed E-state index contributed by atoms with van der Waals surface area (Å²) in [5.41, 5.74) is 4.72. The van der Waals surface area contributed by atoms with Crippen molar-refractivity contribution in [3.63, 3.8) is 0 Å². The molecule has 4 aromatic rings. The second kappa shape index (κ2) is 17.6. The molecule has 0 atom stereocenters. The van der Waals surface area contributed by atoms with Gasteiger partial charge in [0.15, 0.2) is 5.65 Å². The summed E-state index contributed by atoms with van der Waals surface area (Å²) in [4.78, 5) is 42.0. The van der Waals surface area contributed by atoms with E-state index in [1.165, 1.54) is 6.92 Å². The standard InChI is InChI=1S/C38H48N6O5/c1-5-32(48-6-2)27-34-37(49-38(46)43(21-20-41(4)29(3)45)19-13-18-42-22-24-47-25-23-42)44-28-35(31-16-11-8-12-17-31)39-33(36(44)40-34)26-30-14-9-7-10-15-30/h5,7-12,14-17,28H,6,13,18-27H2,1-4H3/b32-5-. The van der Waals surface area contributed by atoms with Crippen LogP contribution in [0.25, 0.3) is 16.9 Å². The molecule has 1 aliphatic heterocycles. The normalized spacial score (nSPS) is 13.8. The van der Waals surface area contributed by atoms with E-state index in [1.54, 1.807) is 16.8 Å². The van der Waals surface area contributed by atoms with Crippen molar-refractivity contribution in [3.8, 4) is 17.1 Å². The second-order valence-corrected chi connectivity index (χ2v) is 12.1. The lowest BCUT2D eigenvalue weighted by Gasteiger charge is -2.28. The number of allylic oxidation sites excluding steroid dienone is 2. The van der Waals surface area contributed by atoms with E-state index in [9.17, 15) is 9.59 Å². The summed E-state index contributed by atoms with van der Waals surface area (Å²) in [5.74, 6) is 0.993. The second-order valence-electron chi connectivity index (χ2n) is 12.1. The lowest BCUT2D eigenvalue weighted by atomic mass is 10.1. The summed E-state index contributed by atoms with van der Waals surface area (Å²) in [5, 5.41) is 0. The highest BCUT2D eigenvalue weighted by Gasteiger charge is 2.25. The zero-order valence-electron chi connectivity index (χ0n) is 29.1. The maximum Gasteiger partial charge on any atom is 0.416 e. The Bertz CT molecular complexity index is 1700. The van der Waals surface area contributed by atoms with Gasteiger partial charge in [-0.1, -0.05) is 60.7 Å². The van der Waals surface area contributed by atoms with Crippen molar-refractivity contribution in [3.05, 3.63) is 95.6 Å². The molecule has 5 rings (SSSR count). The van der Waals surface area contributed by atoms with Crippen molar-refractivity contribution in [2.75, 3.05) is 66.1 Å². The molecule has 3 heterocycles. The average molecular weight is 669 g/mol. The number of benzene rings is 2. The fourth-order valence-electron chi connectivity index (χ4n) is 5.78. The molecule has 0 bridgehead atoms. The third-order valence-electron chi connectivity index (χ3n) is 8.67. The minimum absolute atomic E-state index is 0.0626. The van der Waals surface area contributed by atoms with Gasteiger partial charge in [0.1, 0.15) is 5.69 Å². The van der Waals surface area contributed by atoms with Crippen LogP contribution in [0.2, 0.25) is 0 Å². The fourth-order valence-corrected chi connectivity index (χ4v) is 5.78. The number of rotatable bonds is 15. The molecule has 2 aromatic heterocycles. The van der Waals surface area contributed by atoms with Gasteiger partial charge in [0.2, 0.25) is 11.8 Å². The fraction of sp³-hybridized carbons (Fsp3) is 0.421. The molecule has 11 heteroatoms. The minimum Gasteiger partial charge on any atom is -0.498 e. The highest BCUT2D eigenvalue weighted by Crippen LogP contribution is 2.30. The number of aromatic nitrogens is 3. The summed E-state index contributed by atoms with van der Waals surface area (Å²) < 4.78 is 19.6. The van der Waals surface area contributed by atoms with Crippen LogP contribution >= 0.6 is 0 Å². The Labute approximate surface area is 289 Å². The minimum atomic E-state index is -0.497. The number of carbonyl (C=O) groups is 2. The van der Waals surface area contributed by atoms with Crippen molar-refractivity contribution < 1.29 is 23.8 Å². The Morgan fingerprint density at radius 1 is 0.959 bits per heavy atom. The number of amides is 2. The van der Waals surface area contributed by atoms with Gasteiger partial charge in [-0.05, 0) is 31.9 Å². The number of hydrogen-bond acceptors (Lipinski definition) is 8. The number of imidazole rings is 1. The van der Waals surface area contributed by atoms with Gasteiger partial charge in [0.05, 0.1) is 43.4 Å². The molecule has 0 saturated carbocycles. The number of ether oxygens (including phenoxy) is 3. The molecule has 0 radical (unpaired) electrons. The van der Waals surface area contributed by atoms with Crippen LogP contribution in [0, 0.1) is 0 Å². The summed E-state index contributed by atoms with van der Waals surface area (Å²) in [6.45, 7) is 11.1. The van der Waals surface area contributed by atoms with Crippen molar-refractivity contribution >= 4 is 17.6 Å². The van der Waals surface area contributed by atoms with E-state index in [0.29, 0.717) is 69.5 Å². The Hall–Kier alpha value is -4.74. The number of nitrogens with zero attached hydrogens (tertiary/aromatic N) is 6. The maximum absolute atomic E-state index is 14.1. The third-order valence-corrected chi connectivity index (χ3v) is 8.67. The SMILES string of the molecule is C/C=C(/Cc1nc2c(Cc3ccccc3)nc(-c3ccccc3)cn2c1OC(=O)N(CCCN1CCOCC1)CCN(C)C(C)=O)OCC. The van der Waals surface area contributed by atoms with Gasteiger partial charge >= 0.3 is 6.09 Å². The predicted molar refractivity (Wildman–Crippen MR) is 190 cm³/mol. The van der Waals surface area contributed by atoms with Gasteiger partial charge in [-0.3, -0.25) is 14.1 Å². The molecule has 0 unspecified atom stereocenters. The average Bonchev–Trinajstić information content (AvgIpc) is 3.46. The highest BCUT2D eigenvalue weighted by molar-refractivity contribution is 5.74. The molecule has 49 heavy (non-hydrogen) atoms. The quantitative estimate of drug-likeness (QED) is 0.154. The first-order valence-electron chi connectivity index (χ1n) is 17.1. The van der Waals surface area contributed by atoms with Crippen LogP contribution in [0.4, 0.5) is 4.79 Å². The molecule has 0 aliphatic carbocycles. The molecular weight excluding hydrogens is 620 g/mol. The van der Waals surface area contributed by atoms with Crippen molar-refractivity contribution in [1.82, 2.24) is 29.1 Å². The molecule has 0 N–H and O–H groups in total. The first-order valence-corrected chi connectivity index (χ1v) is 17.1. The highest BCUT2D eigenvalue weighted by atomic mass is 16.6. The van der Waals surface area contributed by atoms with Crippen LogP contribution in [-0.4, -0.2) is 107 Å². The third kappa shape index (κ3) is 9.67. The largest absolute Gasteiger partial charge is 0.498 e. The Balaban J connectivity index is 1.54. The van der Waals surface area contributed by atoms with E-state index in [-0.39, 0.29) is 5.91 Å². The number of likely N-dealkylation sites (N-methyl/N-ethyl adjacent to an activating group) is 1. The zero-order chi connectivity index (χ0) is 34.6. The van der Waals surface area contributed by atoms with E-state index >= 15 is 0 Å². The Morgan fingerprint density at radius 2 is 1.67 bits per heavy atom. The summed E-state index contributed by atoms with van der Waals surface area (Å²) >= 11 is 0. The van der Waals surface area contributed by atoms with Crippen LogP contribution in [0.1, 0.15) is 44.1 Å². The molecule has 0 spiro atoms. The Morgan fingerprint density at radius 3 is 2.35 bits per heavy atom. The lowest BCUT2D eigenvalue weighted by molar-refractivity contribution is -0.127. The molecule has 2 aromatic carbocycles. The van der Waals surface area contributed by atoms with Crippen molar-refractivity contribution in [1.29, 1.82) is 0 Å². The van der Waals surface area contributed by atoms with Crippen LogP contribution in [0.5, 0.6) is 5.88 Å².